The molecule has 0 saturated carbocycles. The van der Waals surface area contributed by atoms with Crippen molar-refractivity contribution in [2.75, 3.05) is 11.1 Å². The van der Waals surface area contributed by atoms with Gasteiger partial charge in [0.15, 0.2) is 0 Å². The van der Waals surface area contributed by atoms with Crippen molar-refractivity contribution >= 4 is 23.3 Å². The molecule has 0 atom stereocenters. The standard InChI is InChI=1S/C20H16F3N5O3/c1-11-8-13(27-18(30)28-17(29)14-4-2-3-5-15(14)24)6-7-16(11)31-19-25-9-12(10-26-19)20(21,22)23/h2-10H,24H2,1H3,(H2,27,28,29,30). The lowest BCUT2D eigenvalue weighted by molar-refractivity contribution is -0.138. The summed E-state index contributed by atoms with van der Waals surface area (Å²) in [5.41, 5.74) is 6.00. The summed E-state index contributed by atoms with van der Waals surface area (Å²) < 4.78 is 43.1. The van der Waals surface area contributed by atoms with Gasteiger partial charge in [-0.05, 0) is 42.8 Å². The minimum Gasteiger partial charge on any atom is -0.424 e. The molecule has 4 N–H and O–H groups in total. The van der Waals surface area contributed by atoms with Crippen LogP contribution in [0.25, 0.3) is 0 Å². The van der Waals surface area contributed by atoms with Crippen LogP contribution in [0.3, 0.4) is 0 Å². The predicted octanol–water partition coefficient (Wildman–Crippen LogP) is 4.14. The van der Waals surface area contributed by atoms with E-state index in [1.807, 2.05) is 0 Å². The Morgan fingerprint density at radius 3 is 2.35 bits per heavy atom. The van der Waals surface area contributed by atoms with E-state index >= 15 is 0 Å². The number of aromatic nitrogens is 2. The van der Waals surface area contributed by atoms with Crippen LogP contribution in [0, 0.1) is 6.92 Å². The third kappa shape index (κ3) is 5.47. The van der Waals surface area contributed by atoms with Gasteiger partial charge in [-0.1, -0.05) is 12.1 Å². The Hall–Kier alpha value is -4.15. The normalized spacial score (nSPS) is 11.0. The highest BCUT2D eigenvalue weighted by Gasteiger charge is 2.31. The third-order valence-electron chi connectivity index (χ3n) is 4.02. The quantitative estimate of drug-likeness (QED) is 0.534. The number of alkyl halides is 3. The molecular formula is C20H16F3N5O3. The molecule has 0 aliphatic rings. The number of amides is 3. The second-order valence-electron chi connectivity index (χ2n) is 6.33. The number of ether oxygens (including phenoxy) is 1. The highest BCUT2D eigenvalue weighted by molar-refractivity contribution is 6.10. The van der Waals surface area contributed by atoms with Crippen molar-refractivity contribution in [3.8, 4) is 11.8 Å². The van der Waals surface area contributed by atoms with Gasteiger partial charge in [0.1, 0.15) is 5.75 Å². The summed E-state index contributed by atoms with van der Waals surface area (Å²) in [6.07, 6.45) is -3.31. The third-order valence-corrected chi connectivity index (χ3v) is 4.02. The van der Waals surface area contributed by atoms with Crippen LogP contribution < -0.4 is 21.1 Å². The monoisotopic (exact) mass is 431 g/mol. The highest BCUT2D eigenvalue weighted by atomic mass is 19.4. The second kappa shape index (κ2) is 8.69. The van der Waals surface area contributed by atoms with Gasteiger partial charge in [-0.25, -0.2) is 14.8 Å². The van der Waals surface area contributed by atoms with Crippen molar-refractivity contribution in [1.29, 1.82) is 0 Å². The molecule has 0 saturated heterocycles. The van der Waals surface area contributed by atoms with Gasteiger partial charge in [0.05, 0.1) is 11.1 Å². The molecule has 0 spiro atoms. The van der Waals surface area contributed by atoms with Crippen LogP contribution in [-0.4, -0.2) is 21.9 Å². The summed E-state index contributed by atoms with van der Waals surface area (Å²) >= 11 is 0. The zero-order chi connectivity index (χ0) is 22.6. The summed E-state index contributed by atoms with van der Waals surface area (Å²) in [5, 5.41) is 4.66. The predicted molar refractivity (Wildman–Crippen MR) is 106 cm³/mol. The second-order valence-corrected chi connectivity index (χ2v) is 6.33. The van der Waals surface area contributed by atoms with Crippen LogP contribution in [0.4, 0.5) is 29.3 Å². The summed E-state index contributed by atoms with van der Waals surface area (Å²) in [4.78, 5) is 31.3. The van der Waals surface area contributed by atoms with Gasteiger partial charge >= 0.3 is 18.2 Å². The number of nitrogens with zero attached hydrogens (tertiary/aromatic N) is 2. The Kier molecular flexibility index (Phi) is 6.05. The smallest absolute Gasteiger partial charge is 0.419 e. The van der Waals surface area contributed by atoms with Gasteiger partial charge in [-0.15, -0.1) is 0 Å². The fraction of sp³-hybridized carbons (Fsp3) is 0.100. The number of nitrogens with two attached hydrogens (primary N) is 1. The SMILES string of the molecule is Cc1cc(NC(=O)NC(=O)c2ccccc2N)ccc1Oc1ncc(C(F)(F)F)cn1. The van der Waals surface area contributed by atoms with E-state index in [0.717, 1.165) is 0 Å². The Balaban J connectivity index is 1.63. The number of carbonyl (C=O) groups excluding carboxylic acids is 2. The number of nitrogen functional groups attached to an aromatic ring is 1. The minimum atomic E-state index is -4.55. The average molecular weight is 431 g/mol. The molecule has 3 aromatic rings. The maximum atomic E-state index is 12.6. The van der Waals surface area contributed by atoms with Crippen molar-refractivity contribution in [2.24, 2.45) is 0 Å². The molecule has 160 valence electrons. The van der Waals surface area contributed by atoms with Gasteiger partial charge in [-0.3, -0.25) is 10.1 Å². The lowest BCUT2D eigenvalue weighted by atomic mass is 10.1. The molecule has 0 fully saturated rings. The molecule has 0 aliphatic carbocycles. The van der Waals surface area contributed by atoms with E-state index in [1.165, 1.54) is 24.3 Å². The molecule has 0 bridgehead atoms. The molecule has 1 heterocycles. The van der Waals surface area contributed by atoms with E-state index in [9.17, 15) is 22.8 Å². The maximum absolute atomic E-state index is 12.6. The van der Waals surface area contributed by atoms with Gasteiger partial charge < -0.3 is 15.8 Å². The van der Waals surface area contributed by atoms with Crippen molar-refractivity contribution in [3.63, 3.8) is 0 Å². The number of halogens is 3. The molecule has 3 amide bonds. The molecular weight excluding hydrogens is 415 g/mol. The largest absolute Gasteiger partial charge is 0.424 e. The number of hydrogen-bond acceptors (Lipinski definition) is 6. The van der Waals surface area contributed by atoms with Crippen LogP contribution in [0.15, 0.2) is 54.9 Å². The average Bonchev–Trinajstić information content (AvgIpc) is 2.70. The van der Waals surface area contributed by atoms with Gasteiger partial charge in [0, 0.05) is 23.8 Å². The van der Waals surface area contributed by atoms with E-state index < -0.39 is 23.7 Å². The first-order valence-corrected chi connectivity index (χ1v) is 8.78. The van der Waals surface area contributed by atoms with Crippen LogP contribution in [-0.2, 0) is 6.18 Å². The lowest BCUT2D eigenvalue weighted by Crippen LogP contribution is -2.34. The summed E-state index contributed by atoms with van der Waals surface area (Å²) in [5.74, 6) is -0.384. The number of nitrogens with one attached hydrogen (secondary N) is 2. The molecule has 3 rings (SSSR count). The number of benzene rings is 2. The Labute approximate surface area is 174 Å². The first-order valence-electron chi connectivity index (χ1n) is 8.78. The first kappa shape index (κ1) is 21.6. The number of para-hydroxylation sites is 1. The van der Waals surface area contributed by atoms with E-state index in [-0.39, 0.29) is 23.0 Å². The van der Waals surface area contributed by atoms with Crippen LogP contribution >= 0.6 is 0 Å². The zero-order valence-corrected chi connectivity index (χ0v) is 16.0. The molecule has 0 radical (unpaired) electrons. The number of anilines is 2. The first-order chi connectivity index (χ1) is 14.6. The maximum Gasteiger partial charge on any atom is 0.419 e. The van der Waals surface area contributed by atoms with Crippen molar-refractivity contribution in [3.05, 3.63) is 71.5 Å². The molecule has 0 aliphatic heterocycles. The summed E-state index contributed by atoms with van der Waals surface area (Å²) in [6.45, 7) is 1.65. The molecule has 11 heteroatoms. The van der Waals surface area contributed by atoms with Gasteiger partial charge in [0.25, 0.3) is 5.91 Å². The van der Waals surface area contributed by atoms with E-state index in [2.05, 4.69) is 20.6 Å². The van der Waals surface area contributed by atoms with E-state index in [0.29, 0.717) is 23.6 Å². The van der Waals surface area contributed by atoms with Crippen LogP contribution in [0.5, 0.6) is 11.8 Å². The van der Waals surface area contributed by atoms with Gasteiger partial charge in [-0.2, -0.15) is 13.2 Å². The number of imide groups is 1. The number of urea groups is 1. The van der Waals surface area contributed by atoms with Gasteiger partial charge in [0.2, 0.25) is 0 Å². The van der Waals surface area contributed by atoms with Crippen LogP contribution in [0.1, 0.15) is 21.5 Å². The van der Waals surface area contributed by atoms with E-state index in [1.54, 1.807) is 25.1 Å². The molecule has 0 unspecified atom stereocenters. The highest BCUT2D eigenvalue weighted by Crippen LogP contribution is 2.30. The molecule has 2 aromatic carbocycles. The van der Waals surface area contributed by atoms with Crippen molar-refractivity contribution in [1.82, 2.24) is 15.3 Å². The van der Waals surface area contributed by atoms with Crippen molar-refractivity contribution in [2.45, 2.75) is 13.1 Å². The molecule has 1 aromatic heterocycles. The topological polar surface area (TPSA) is 119 Å². The zero-order valence-electron chi connectivity index (χ0n) is 16.0. The number of rotatable bonds is 4. The molecule has 31 heavy (non-hydrogen) atoms. The molecule has 8 nitrogen and oxygen atoms in total. The fourth-order valence-corrected chi connectivity index (χ4v) is 2.49. The minimum absolute atomic E-state index is 0.161. The Morgan fingerprint density at radius 2 is 1.74 bits per heavy atom. The Morgan fingerprint density at radius 1 is 1.06 bits per heavy atom. The number of carbonyl (C=O) groups is 2. The van der Waals surface area contributed by atoms with E-state index in [4.69, 9.17) is 10.5 Å². The summed E-state index contributed by atoms with van der Waals surface area (Å²) in [6, 6.07) is 9.76. The van der Waals surface area contributed by atoms with Crippen LogP contribution in [0.2, 0.25) is 0 Å². The fourth-order valence-electron chi connectivity index (χ4n) is 2.49. The number of hydrogen-bond donors (Lipinski definition) is 3. The van der Waals surface area contributed by atoms with Crippen molar-refractivity contribution < 1.29 is 27.5 Å². The summed E-state index contributed by atoms with van der Waals surface area (Å²) in [7, 11) is 0. The lowest BCUT2D eigenvalue weighted by Gasteiger charge is -2.11. The number of aryl methyl sites for hydroxylation is 1. The Bertz CT molecular complexity index is 1120.